The van der Waals surface area contributed by atoms with E-state index in [1.807, 2.05) is 0 Å². The van der Waals surface area contributed by atoms with Crippen molar-refractivity contribution in [2.45, 2.75) is 6.61 Å². The zero-order valence-electron chi connectivity index (χ0n) is 10.3. The molecule has 0 aliphatic rings. The number of amides is 1. The summed E-state index contributed by atoms with van der Waals surface area (Å²) < 4.78 is 1.10. The monoisotopic (exact) mass is 259 g/mol. The SMILES string of the molecule is Cn1nc(C(=O)Nc2ccc(CO)cc2)ccc1=O. The molecule has 1 aromatic carbocycles. The van der Waals surface area contributed by atoms with Crippen LogP contribution in [0.15, 0.2) is 41.2 Å². The molecule has 1 aromatic heterocycles. The van der Waals surface area contributed by atoms with E-state index in [0.717, 1.165) is 10.2 Å². The predicted molar refractivity (Wildman–Crippen MR) is 69.8 cm³/mol. The highest BCUT2D eigenvalue weighted by Crippen LogP contribution is 2.10. The van der Waals surface area contributed by atoms with Gasteiger partial charge in [0.15, 0.2) is 0 Å². The van der Waals surface area contributed by atoms with E-state index in [1.165, 1.54) is 19.2 Å². The first-order valence-electron chi connectivity index (χ1n) is 5.65. The molecule has 98 valence electrons. The number of carbonyl (C=O) groups excluding carboxylic acids is 1. The van der Waals surface area contributed by atoms with Crippen LogP contribution in [0.4, 0.5) is 5.69 Å². The molecule has 6 heteroatoms. The van der Waals surface area contributed by atoms with Crippen LogP contribution in [0.1, 0.15) is 16.1 Å². The van der Waals surface area contributed by atoms with Gasteiger partial charge in [0.2, 0.25) is 0 Å². The Morgan fingerprint density at radius 1 is 1.26 bits per heavy atom. The number of hydrogen-bond donors (Lipinski definition) is 2. The number of aliphatic hydroxyl groups excluding tert-OH is 1. The standard InChI is InChI=1S/C13H13N3O3/c1-16-12(18)7-6-11(15-16)13(19)14-10-4-2-9(8-17)3-5-10/h2-7,17H,8H2,1H3,(H,14,19). The Kier molecular flexibility index (Phi) is 3.72. The van der Waals surface area contributed by atoms with Crippen molar-refractivity contribution in [2.75, 3.05) is 5.32 Å². The van der Waals surface area contributed by atoms with Crippen molar-refractivity contribution in [3.05, 3.63) is 58.0 Å². The van der Waals surface area contributed by atoms with Crippen molar-refractivity contribution in [3.8, 4) is 0 Å². The van der Waals surface area contributed by atoms with E-state index < -0.39 is 5.91 Å². The van der Waals surface area contributed by atoms with Crippen LogP contribution in [-0.2, 0) is 13.7 Å². The number of aryl methyl sites for hydroxylation is 1. The summed E-state index contributed by atoms with van der Waals surface area (Å²) in [6.45, 7) is -0.0451. The van der Waals surface area contributed by atoms with Crippen molar-refractivity contribution in [1.82, 2.24) is 9.78 Å². The second kappa shape index (κ2) is 5.45. The summed E-state index contributed by atoms with van der Waals surface area (Å²) in [6, 6.07) is 9.46. The Morgan fingerprint density at radius 2 is 1.95 bits per heavy atom. The third-order valence-corrected chi connectivity index (χ3v) is 2.59. The fourth-order valence-corrected chi connectivity index (χ4v) is 1.51. The maximum atomic E-state index is 11.9. The van der Waals surface area contributed by atoms with E-state index in [9.17, 15) is 9.59 Å². The second-order valence-corrected chi connectivity index (χ2v) is 3.99. The van der Waals surface area contributed by atoms with E-state index >= 15 is 0 Å². The number of rotatable bonds is 3. The van der Waals surface area contributed by atoms with Crippen LogP contribution in [0, 0.1) is 0 Å². The lowest BCUT2D eigenvalue weighted by molar-refractivity contribution is 0.102. The molecule has 1 amide bonds. The lowest BCUT2D eigenvalue weighted by Crippen LogP contribution is -2.23. The average Bonchev–Trinajstić information content (AvgIpc) is 2.42. The van der Waals surface area contributed by atoms with Gasteiger partial charge in [-0.15, -0.1) is 0 Å². The number of carbonyl (C=O) groups is 1. The van der Waals surface area contributed by atoms with Crippen molar-refractivity contribution in [3.63, 3.8) is 0 Å². The normalized spacial score (nSPS) is 10.2. The van der Waals surface area contributed by atoms with Crippen molar-refractivity contribution in [2.24, 2.45) is 7.05 Å². The fourth-order valence-electron chi connectivity index (χ4n) is 1.51. The molecule has 0 atom stereocenters. The van der Waals surface area contributed by atoms with Crippen LogP contribution in [0.25, 0.3) is 0 Å². The number of aliphatic hydroxyl groups is 1. The highest BCUT2D eigenvalue weighted by Gasteiger charge is 2.08. The highest BCUT2D eigenvalue weighted by molar-refractivity contribution is 6.02. The summed E-state index contributed by atoms with van der Waals surface area (Å²) in [5.74, 6) is -0.396. The number of nitrogens with zero attached hydrogens (tertiary/aromatic N) is 2. The predicted octanol–water partition coefficient (Wildman–Crippen LogP) is 0.525. The van der Waals surface area contributed by atoms with Gasteiger partial charge in [-0.1, -0.05) is 12.1 Å². The topological polar surface area (TPSA) is 84.2 Å². The number of hydrogen-bond acceptors (Lipinski definition) is 4. The van der Waals surface area contributed by atoms with Crippen LogP contribution in [0.3, 0.4) is 0 Å². The summed E-state index contributed by atoms with van der Waals surface area (Å²) in [4.78, 5) is 23.1. The molecule has 0 saturated carbocycles. The molecule has 0 aliphatic heterocycles. The molecule has 0 spiro atoms. The van der Waals surface area contributed by atoms with Gasteiger partial charge < -0.3 is 10.4 Å². The lowest BCUT2D eigenvalue weighted by atomic mass is 10.2. The van der Waals surface area contributed by atoms with Crippen molar-refractivity contribution in [1.29, 1.82) is 0 Å². The van der Waals surface area contributed by atoms with Gasteiger partial charge in [0.05, 0.1) is 6.61 Å². The summed E-state index contributed by atoms with van der Waals surface area (Å²) >= 11 is 0. The van der Waals surface area contributed by atoms with E-state index in [1.54, 1.807) is 24.3 Å². The Hall–Kier alpha value is -2.47. The zero-order valence-corrected chi connectivity index (χ0v) is 10.3. The van der Waals surface area contributed by atoms with E-state index in [-0.39, 0.29) is 17.9 Å². The van der Waals surface area contributed by atoms with Crippen molar-refractivity contribution >= 4 is 11.6 Å². The second-order valence-electron chi connectivity index (χ2n) is 3.99. The molecule has 0 aliphatic carbocycles. The molecule has 6 nitrogen and oxygen atoms in total. The van der Waals surface area contributed by atoms with Gasteiger partial charge in [-0.3, -0.25) is 9.59 Å². The molecule has 0 bridgehead atoms. The van der Waals surface area contributed by atoms with Crippen LogP contribution in [0.5, 0.6) is 0 Å². The molecule has 0 fully saturated rings. The van der Waals surface area contributed by atoms with Gasteiger partial charge in [0.25, 0.3) is 11.5 Å². The molecule has 0 saturated heterocycles. The smallest absolute Gasteiger partial charge is 0.276 e. The molecule has 1 heterocycles. The third kappa shape index (κ3) is 3.05. The van der Waals surface area contributed by atoms with Crippen LogP contribution in [-0.4, -0.2) is 20.8 Å². The fraction of sp³-hybridized carbons (Fsp3) is 0.154. The van der Waals surface area contributed by atoms with Gasteiger partial charge in [0.1, 0.15) is 5.69 Å². The largest absolute Gasteiger partial charge is 0.392 e. The zero-order chi connectivity index (χ0) is 13.8. The number of benzene rings is 1. The van der Waals surface area contributed by atoms with Crippen molar-refractivity contribution < 1.29 is 9.90 Å². The Morgan fingerprint density at radius 3 is 2.53 bits per heavy atom. The minimum atomic E-state index is -0.396. The summed E-state index contributed by atoms with van der Waals surface area (Å²) in [7, 11) is 1.48. The Balaban J connectivity index is 2.15. The maximum Gasteiger partial charge on any atom is 0.276 e. The van der Waals surface area contributed by atoms with Gasteiger partial charge >= 0.3 is 0 Å². The van der Waals surface area contributed by atoms with Crippen LogP contribution in [0.2, 0.25) is 0 Å². The Labute approximate surface area is 109 Å². The molecule has 2 rings (SSSR count). The number of aromatic nitrogens is 2. The Bertz CT molecular complexity index is 647. The first-order valence-corrected chi connectivity index (χ1v) is 5.65. The summed E-state index contributed by atoms with van der Waals surface area (Å²) in [5, 5.41) is 15.4. The number of anilines is 1. The van der Waals surface area contributed by atoms with E-state index in [0.29, 0.717) is 5.69 Å². The van der Waals surface area contributed by atoms with Gasteiger partial charge in [-0.2, -0.15) is 5.10 Å². The van der Waals surface area contributed by atoms with Crippen LogP contribution < -0.4 is 10.9 Å². The molecular weight excluding hydrogens is 246 g/mol. The maximum absolute atomic E-state index is 11.9. The summed E-state index contributed by atoms with van der Waals surface area (Å²) in [6.07, 6.45) is 0. The van der Waals surface area contributed by atoms with Crippen LogP contribution >= 0.6 is 0 Å². The first-order chi connectivity index (χ1) is 9.10. The first kappa shape index (κ1) is 13.0. The van der Waals surface area contributed by atoms with Gasteiger partial charge in [-0.25, -0.2) is 4.68 Å². The lowest BCUT2D eigenvalue weighted by Gasteiger charge is -2.06. The molecule has 0 unspecified atom stereocenters. The molecular formula is C13H13N3O3. The molecule has 0 radical (unpaired) electrons. The van der Waals surface area contributed by atoms with E-state index in [2.05, 4.69) is 10.4 Å². The van der Waals surface area contributed by atoms with Gasteiger partial charge in [-0.05, 0) is 23.8 Å². The highest BCUT2D eigenvalue weighted by atomic mass is 16.3. The molecule has 2 N–H and O–H groups in total. The third-order valence-electron chi connectivity index (χ3n) is 2.59. The molecule has 2 aromatic rings. The summed E-state index contributed by atoms with van der Waals surface area (Å²) in [5.41, 5.74) is 1.24. The quantitative estimate of drug-likeness (QED) is 0.842. The van der Waals surface area contributed by atoms with Gasteiger partial charge in [0, 0.05) is 18.8 Å². The minimum absolute atomic E-state index is 0.0451. The van der Waals surface area contributed by atoms with E-state index in [4.69, 9.17) is 5.11 Å². The average molecular weight is 259 g/mol. The minimum Gasteiger partial charge on any atom is -0.392 e. The number of nitrogens with one attached hydrogen (secondary N) is 1. The molecule has 19 heavy (non-hydrogen) atoms.